The van der Waals surface area contributed by atoms with E-state index in [9.17, 15) is 0 Å². The second-order valence-electron chi connectivity index (χ2n) is 4.26. The molecule has 2 atom stereocenters. The van der Waals surface area contributed by atoms with Gasteiger partial charge in [-0.05, 0) is 44.2 Å². The van der Waals surface area contributed by atoms with Crippen molar-refractivity contribution in [3.8, 4) is 0 Å². The molecule has 1 aliphatic carbocycles. The van der Waals surface area contributed by atoms with Crippen molar-refractivity contribution in [3.05, 3.63) is 34.9 Å². The lowest BCUT2D eigenvalue weighted by molar-refractivity contribution is 0.809. The summed E-state index contributed by atoms with van der Waals surface area (Å²) in [6.45, 7) is 5.17. The van der Waals surface area contributed by atoms with E-state index >= 15 is 0 Å². The Morgan fingerprint density at radius 1 is 1.23 bits per heavy atom. The van der Waals surface area contributed by atoms with Gasteiger partial charge >= 0.3 is 0 Å². The number of benzene rings is 1. The van der Waals surface area contributed by atoms with E-state index in [1.54, 1.807) is 0 Å². The molecule has 1 aliphatic rings. The fraction of sp³-hybridized carbons (Fsp3) is 0.500. The summed E-state index contributed by atoms with van der Waals surface area (Å²) >= 11 is 0. The fourth-order valence-electron chi connectivity index (χ4n) is 2.14. The minimum atomic E-state index is 0.751. The van der Waals surface area contributed by atoms with E-state index in [-0.39, 0.29) is 0 Å². The third-order valence-corrected chi connectivity index (χ3v) is 2.90. The average molecular weight is 175 g/mol. The lowest BCUT2D eigenvalue weighted by Crippen LogP contribution is -2.02. The van der Waals surface area contributed by atoms with Crippen LogP contribution in [-0.4, -0.2) is 6.54 Å². The van der Waals surface area contributed by atoms with Gasteiger partial charge in [0, 0.05) is 0 Å². The second kappa shape index (κ2) is 3.15. The van der Waals surface area contributed by atoms with Crippen molar-refractivity contribution >= 4 is 0 Å². The SMILES string of the molecule is Cc1cc(C)cc([C@@H]2C[C@@H]2CN)c1. The van der Waals surface area contributed by atoms with Gasteiger partial charge in [-0.25, -0.2) is 0 Å². The van der Waals surface area contributed by atoms with Gasteiger partial charge in [-0.2, -0.15) is 0 Å². The zero-order chi connectivity index (χ0) is 9.42. The highest BCUT2D eigenvalue weighted by atomic mass is 14.6. The molecule has 0 radical (unpaired) electrons. The van der Waals surface area contributed by atoms with Gasteiger partial charge in [-0.15, -0.1) is 0 Å². The van der Waals surface area contributed by atoms with Crippen LogP contribution in [0, 0.1) is 19.8 Å². The molecule has 1 heteroatoms. The van der Waals surface area contributed by atoms with Crippen LogP contribution in [0.3, 0.4) is 0 Å². The van der Waals surface area contributed by atoms with Crippen molar-refractivity contribution in [1.29, 1.82) is 0 Å². The minimum Gasteiger partial charge on any atom is -0.330 e. The summed E-state index contributed by atoms with van der Waals surface area (Å²) in [7, 11) is 0. The standard InChI is InChI=1S/C12H17N/c1-8-3-9(2)5-10(4-8)12-6-11(12)7-13/h3-5,11-12H,6-7,13H2,1-2H3/t11-,12+/m1/s1. The minimum absolute atomic E-state index is 0.751. The Kier molecular flexibility index (Phi) is 2.12. The van der Waals surface area contributed by atoms with Gasteiger partial charge in [0.05, 0.1) is 0 Å². The Labute approximate surface area is 80.0 Å². The number of rotatable bonds is 2. The summed E-state index contributed by atoms with van der Waals surface area (Å²) in [5, 5.41) is 0. The molecule has 0 bridgehead atoms. The molecule has 2 N–H and O–H groups in total. The van der Waals surface area contributed by atoms with Crippen LogP contribution in [0.15, 0.2) is 18.2 Å². The van der Waals surface area contributed by atoms with Gasteiger partial charge in [0.1, 0.15) is 0 Å². The third-order valence-electron chi connectivity index (χ3n) is 2.90. The first-order valence-electron chi connectivity index (χ1n) is 4.99. The van der Waals surface area contributed by atoms with Crippen LogP contribution in [-0.2, 0) is 0 Å². The molecule has 0 spiro atoms. The van der Waals surface area contributed by atoms with Crippen molar-refractivity contribution in [1.82, 2.24) is 0 Å². The van der Waals surface area contributed by atoms with Crippen molar-refractivity contribution in [3.63, 3.8) is 0 Å². The quantitative estimate of drug-likeness (QED) is 0.733. The molecule has 2 rings (SSSR count). The molecule has 1 aromatic carbocycles. The maximum atomic E-state index is 5.64. The lowest BCUT2D eigenvalue weighted by Gasteiger charge is -2.03. The van der Waals surface area contributed by atoms with Crippen molar-refractivity contribution in [2.45, 2.75) is 26.2 Å². The Morgan fingerprint density at radius 2 is 1.85 bits per heavy atom. The van der Waals surface area contributed by atoms with E-state index in [2.05, 4.69) is 32.0 Å². The largest absolute Gasteiger partial charge is 0.330 e. The van der Waals surface area contributed by atoms with Crippen LogP contribution in [0.1, 0.15) is 29.0 Å². The summed E-state index contributed by atoms with van der Waals surface area (Å²) in [6, 6.07) is 6.82. The zero-order valence-corrected chi connectivity index (χ0v) is 8.38. The highest BCUT2D eigenvalue weighted by Gasteiger charge is 2.36. The molecule has 0 unspecified atom stereocenters. The van der Waals surface area contributed by atoms with Gasteiger partial charge in [-0.1, -0.05) is 29.3 Å². The highest BCUT2D eigenvalue weighted by Crippen LogP contribution is 2.46. The fourth-order valence-corrected chi connectivity index (χ4v) is 2.14. The molecule has 0 aliphatic heterocycles. The normalized spacial score (nSPS) is 26.1. The molecule has 1 aromatic rings. The lowest BCUT2D eigenvalue weighted by atomic mass is 10.0. The maximum Gasteiger partial charge on any atom is -0.00428 e. The van der Waals surface area contributed by atoms with E-state index < -0.39 is 0 Å². The van der Waals surface area contributed by atoms with E-state index in [0.29, 0.717) is 0 Å². The molecule has 0 amide bonds. The Balaban J connectivity index is 2.22. The first kappa shape index (κ1) is 8.76. The molecule has 70 valence electrons. The molecule has 0 saturated heterocycles. The topological polar surface area (TPSA) is 26.0 Å². The highest BCUT2D eigenvalue weighted by molar-refractivity contribution is 5.34. The van der Waals surface area contributed by atoms with Crippen molar-refractivity contribution < 1.29 is 0 Å². The number of hydrogen-bond acceptors (Lipinski definition) is 1. The first-order chi connectivity index (χ1) is 6.20. The maximum absolute atomic E-state index is 5.64. The van der Waals surface area contributed by atoms with E-state index in [4.69, 9.17) is 5.73 Å². The first-order valence-corrected chi connectivity index (χ1v) is 4.99. The Morgan fingerprint density at radius 3 is 2.31 bits per heavy atom. The molecule has 0 aromatic heterocycles. The number of nitrogens with two attached hydrogens (primary N) is 1. The van der Waals surface area contributed by atoms with Crippen LogP contribution in [0.4, 0.5) is 0 Å². The second-order valence-corrected chi connectivity index (χ2v) is 4.26. The molecule has 13 heavy (non-hydrogen) atoms. The summed E-state index contributed by atoms with van der Waals surface area (Å²) in [4.78, 5) is 0. The van der Waals surface area contributed by atoms with Gasteiger partial charge in [0.25, 0.3) is 0 Å². The van der Waals surface area contributed by atoms with Crippen molar-refractivity contribution in [2.24, 2.45) is 11.7 Å². The molecular formula is C12H17N. The zero-order valence-electron chi connectivity index (χ0n) is 8.38. The predicted molar refractivity (Wildman–Crippen MR) is 55.8 cm³/mol. The van der Waals surface area contributed by atoms with Crippen LogP contribution in [0.5, 0.6) is 0 Å². The van der Waals surface area contributed by atoms with E-state index in [1.807, 2.05) is 0 Å². The van der Waals surface area contributed by atoms with Crippen LogP contribution in [0.25, 0.3) is 0 Å². The van der Waals surface area contributed by atoms with Crippen LogP contribution in [0.2, 0.25) is 0 Å². The van der Waals surface area contributed by atoms with E-state index in [0.717, 1.165) is 18.4 Å². The van der Waals surface area contributed by atoms with Gasteiger partial charge < -0.3 is 5.73 Å². The molecule has 1 saturated carbocycles. The van der Waals surface area contributed by atoms with Gasteiger partial charge in [-0.3, -0.25) is 0 Å². The Bertz CT molecular complexity index is 297. The molecular weight excluding hydrogens is 158 g/mol. The average Bonchev–Trinajstić information content (AvgIpc) is 2.80. The smallest absolute Gasteiger partial charge is 0.00428 e. The van der Waals surface area contributed by atoms with Crippen LogP contribution < -0.4 is 5.73 Å². The van der Waals surface area contributed by atoms with Gasteiger partial charge in [0.2, 0.25) is 0 Å². The Hall–Kier alpha value is -0.820. The van der Waals surface area contributed by atoms with E-state index in [1.165, 1.54) is 23.1 Å². The summed E-state index contributed by atoms with van der Waals surface area (Å²) in [6.07, 6.45) is 1.29. The molecule has 0 heterocycles. The summed E-state index contributed by atoms with van der Waals surface area (Å²) in [5.74, 6) is 1.50. The van der Waals surface area contributed by atoms with Crippen LogP contribution >= 0.6 is 0 Å². The monoisotopic (exact) mass is 175 g/mol. The van der Waals surface area contributed by atoms with Gasteiger partial charge in [0.15, 0.2) is 0 Å². The van der Waals surface area contributed by atoms with Crippen molar-refractivity contribution in [2.75, 3.05) is 6.54 Å². The molecule has 1 fully saturated rings. The molecule has 1 nitrogen and oxygen atoms in total. The number of aryl methyl sites for hydroxylation is 2. The summed E-state index contributed by atoms with van der Waals surface area (Å²) in [5.41, 5.74) is 9.88. The third kappa shape index (κ3) is 1.75. The number of hydrogen-bond donors (Lipinski definition) is 1. The predicted octanol–water partition coefficient (Wildman–Crippen LogP) is 2.37. The summed E-state index contributed by atoms with van der Waals surface area (Å²) < 4.78 is 0.